The molecule has 25 heavy (non-hydrogen) atoms. The molecule has 1 aromatic carbocycles. The number of halogens is 1. The van der Waals surface area contributed by atoms with Gasteiger partial charge < -0.3 is 14.8 Å². The summed E-state index contributed by atoms with van der Waals surface area (Å²) in [6.07, 6.45) is 1.63. The van der Waals surface area contributed by atoms with E-state index in [0.29, 0.717) is 30.7 Å². The number of pyridine rings is 1. The highest BCUT2D eigenvalue weighted by Gasteiger charge is 2.49. The van der Waals surface area contributed by atoms with E-state index in [1.807, 2.05) is 18.2 Å². The van der Waals surface area contributed by atoms with Gasteiger partial charge in [0.15, 0.2) is 11.6 Å². The van der Waals surface area contributed by atoms with E-state index in [1.54, 1.807) is 19.4 Å². The predicted octanol–water partition coefficient (Wildman–Crippen LogP) is 3.88. The molecule has 0 saturated carbocycles. The molecule has 0 radical (unpaired) electrons. The fourth-order valence-electron chi connectivity index (χ4n) is 3.05. The summed E-state index contributed by atoms with van der Waals surface area (Å²) in [7, 11) is 1.55. The van der Waals surface area contributed by atoms with E-state index >= 15 is 0 Å². The van der Waals surface area contributed by atoms with Crippen molar-refractivity contribution in [1.29, 1.82) is 0 Å². The Balaban J connectivity index is 1.95. The van der Waals surface area contributed by atoms with Crippen LogP contribution >= 0.6 is 15.9 Å². The second-order valence-electron chi connectivity index (χ2n) is 6.48. The van der Waals surface area contributed by atoms with Gasteiger partial charge in [-0.25, -0.2) is 4.98 Å². The lowest BCUT2D eigenvalue weighted by atomic mass is 9.74. The summed E-state index contributed by atoms with van der Waals surface area (Å²) in [4.78, 5) is 17.4. The molecule has 5 nitrogen and oxygen atoms in total. The van der Waals surface area contributed by atoms with Crippen molar-refractivity contribution in [2.24, 2.45) is 0 Å². The first-order chi connectivity index (χ1) is 12.0. The first-order valence-corrected chi connectivity index (χ1v) is 8.95. The molecule has 2 aromatic rings. The fraction of sp³-hybridized carbons (Fsp3) is 0.368. The van der Waals surface area contributed by atoms with Gasteiger partial charge in [0.2, 0.25) is 5.91 Å². The lowest BCUT2D eigenvalue weighted by Gasteiger charge is -2.41. The number of carbonyl (C=O) groups excluding carboxylic acids is 1. The van der Waals surface area contributed by atoms with Crippen LogP contribution in [0.25, 0.3) is 0 Å². The predicted molar refractivity (Wildman–Crippen MR) is 100 cm³/mol. The number of methoxy groups -OCH3 is 1. The zero-order chi connectivity index (χ0) is 18.0. The van der Waals surface area contributed by atoms with Crippen LogP contribution in [-0.2, 0) is 14.9 Å². The van der Waals surface area contributed by atoms with Crippen molar-refractivity contribution in [2.45, 2.75) is 25.2 Å². The van der Waals surface area contributed by atoms with E-state index in [-0.39, 0.29) is 5.91 Å². The number of benzene rings is 1. The number of anilines is 1. The molecule has 0 unspecified atom stereocenters. The molecule has 1 N–H and O–H groups in total. The quantitative estimate of drug-likeness (QED) is 0.820. The van der Waals surface area contributed by atoms with Gasteiger partial charge >= 0.3 is 0 Å². The Morgan fingerprint density at radius 3 is 2.68 bits per heavy atom. The van der Waals surface area contributed by atoms with Gasteiger partial charge in [-0.15, -0.1) is 0 Å². The Morgan fingerprint density at radius 1 is 1.36 bits per heavy atom. The van der Waals surface area contributed by atoms with Crippen LogP contribution in [-0.4, -0.2) is 31.2 Å². The van der Waals surface area contributed by atoms with Gasteiger partial charge in [0.25, 0.3) is 0 Å². The minimum atomic E-state index is -0.694. The second kappa shape index (κ2) is 7.14. The van der Waals surface area contributed by atoms with Gasteiger partial charge in [-0.1, -0.05) is 38.1 Å². The van der Waals surface area contributed by atoms with E-state index in [2.05, 4.69) is 46.1 Å². The molecule has 1 fully saturated rings. The summed E-state index contributed by atoms with van der Waals surface area (Å²) < 4.78 is 11.5. The van der Waals surface area contributed by atoms with Gasteiger partial charge in [0.05, 0.1) is 20.3 Å². The van der Waals surface area contributed by atoms with Gasteiger partial charge in [-0.05, 0) is 39.0 Å². The van der Waals surface area contributed by atoms with E-state index < -0.39 is 5.41 Å². The molecule has 0 atom stereocenters. The Labute approximate surface area is 155 Å². The lowest BCUT2D eigenvalue weighted by Crippen LogP contribution is -2.56. The molecule has 1 amide bonds. The third-order valence-corrected chi connectivity index (χ3v) is 4.93. The highest BCUT2D eigenvalue weighted by Crippen LogP contribution is 2.38. The van der Waals surface area contributed by atoms with Gasteiger partial charge in [0.1, 0.15) is 5.41 Å². The first kappa shape index (κ1) is 17.9. The molecular formula is C19H21BrN2O3. The summed E-state index contributed by atoms with van der Waals surface area (Å²) in [6.45, 7) is 4.98. The number of nitrogens with one attached hydrogen (secondary N) is 1. The number of aromatic nitrogens is 1. The average molecular weight is 405 g/mol. The number of rotatable bonds is 5. The Hall–Kier alpha value is -1.92. The van der Waals surface area contributed by atoms with Crippen LogP contribution < -0.4 is 10.1 Å². The maximum Gasteiger partial charge on any atom is 0.241 e. The average Bonchev–Trinajstić information content (AvgIpc) is 2.55. The summed E-state index contributed by atoms with van der Waals surface area (Å²) in [5.74, 6) is 1.11. The number of hydrogen-bond donors (Lipinski definition) is 1. The third-order valence-electron chi connectivity index (χ3n) is 4.50. The van der Waals surface area contributed by atoms with Crippen molar-refractivity contribution in [1.82, 2.24) is 4.98 Å². The molecule has 0 aliphatic carbocycles. The van der Waals surface area contributed by atoms with Gasteiger partial charge in [0, 0.05) is 10.7 Å². The third kappa shape index (κ3) is 3.28. The standard InChI is InChI=1S/C19H21BrN2O3/c1-12(2)14-6-4-5-7-15(14)19(10-25-11-19)18(23)22-17-16(24-3)8-13(20)9-21-17/h4-9,12H,10-11H2,1-3H3,(H,21,22,23). The number of nitrogens with zero attached hydrogens (tertiary/aromatic N) is 1. The van der Waals surface area contributed by atoms with Crippen LogP contribution in [0.3, 0.4) is 0 Å². The van der Waals surface area contributed by atoms with Crippen molar-refractivity contribution < 1.29 is 14.3 Å². The van der Waals surface area contributed by atoms with Crippen LogP contribution in [0.5, 0.6) is 5.75 Å². The molecule has 1 saturated heterocycles. The van der Waals surface area contributed by atoms with E-state index in [4.69, 9.17) is 9.47 Å². The van der Waals surface area contributed by atoms with Crippen molar-refractivity contribution in [3.63, 3.8) is 0 Å². The van der Waals surface area contributed by atoms with Crippen molar-refractivity contribution >= 4 is 27.7 Å². The summed E-state index contributed by atoms with van der Waals surface area (Å²) in [5, 5.41) is 2.92. The van der Waals surface area contributed by atoms with E-state index in [0.717, 1.165) is 15.6 Å². The summed E-state index contributed by atoms with van der Waals surface area (Å²) in [5.41, 5.74) is 1.49. The van der Waals surface area contributed by atoms with Crippen LogP contribution in [0, 0.1) is 0 Å². The largest absolute Gasteiger partial charge is 0.493 e. The number of ether oxygens (including phenoxy) is 2. The summed E-state index contributed by atoms with van der Waals surface area (Å²) >= 11 is 3.35. The van der Waals surface area contributed by atoms with Crippen molar-refractivity contribution in [3.05, 3.63) is 52.1 Å². The SMILES string of the molecule is COc1cc(Br)cnc1NC(=O)C1(c2ccccc2C(C)C)COC1. The molecular weight excluding hydrogens is 384 g/mol. The molecule has 0 spiro atoms. The topological polar surface area (TPSA) is 60.5 Å². The summed E-state index contributed by atoms with van der Waals surface area (Å²) in [6, 6.07) is 9.83. The number of hydrogen-bond acceptors (Lipinski definition) is 4. The first-order valence-electron chi connectivity index (χ1n) is 8.16. The smallest absolute Gasteiger partial charge is 0.241 e. The van der Waals surface area contributed by atoms with Crippen LogP contribution in [0.4, 0.5) is 5.82 Å². The van der Waals surface area contributed by atoms with Crippen LogP contribution in [0.15, 0.2) is 41.0 Å². The maximum absolute atomic E-state index is 13.1. The van der Waals surface area contributed by atoms with Crippen LogP contribution in [0.1, 0.15) is 30.9 Å². The number of carbonyl (C=O) groups is 1. The minimum absolute atomic E-state index is 0.125. The molecule has 1 aromatic heterocycles. The van der Waals surface area contributed by atoms with Crippen molar-refractivity contribution in [3.8, 4) is 5.75 Å². The van der Waals surface area contributed by atoms with Gasteiger partial charge in [-0.3, -0.25) is 4.79 Å². The molecule has 1 aliphatic rings. The molecule has 0 bridgehead atoms. The monoisotopic (exact) mass is 404 g/mol. The Kier molecular flexibility index (Phi) is 5.11. The minimum Gasteiger partial charge on any atom is -0.493 e. The Morgan fingerprint density at radius 2 is 2.08 bits per heavy atom. The normalized spacial score (nSPS) is 15.6. The molecule has 3 rings (SSSR count). The zero-order valence-corrected chi connectivity index (χ0v) is 16.1. The fourth-order valence-corrected chi connectivity index (χ4v) is 3.36. The molecule has 1 aliphatic heterocycles. The lowest BCUT2D eigenvalue weighted by molar-refractivity contribution is -0.139. The van der Waals surface area contributed by atoms with E-state index in [1.165, 1.54) is 0 Å². The van der Waals surface area contributed by atoms with Gasteiger partial charge in [-0.2, -0.15) is 0 Å². The molecule has 132 valence electrons. The maximum atomic E-state index is 13.1. The second-order valence-corrected chi connectivity index (χ2v) is 7.39. The van der Waals surface area contributed by atoms with E-state index in [9.17, 15) is 4.79 Å². The highest BCUT2D eigenvalue weighted by atomic mass is 79.9. The van der Waals surface area contributed by atoms with Crippen LogP contribution in [0.2, 0.25) is 0 Å². The highest BCUT2D eigenvalue weighted by molar-refractivity contribution is 9.10. The Bertz CT molecular complexity index is 788. The molecule has 2 heterocycles. The van der Waals surface area contributed by atoms with Crippen molar-refractivity contribution in [2.75, 3.05) is 25.6 Å². The number of amides is 1. The zero-order valence-electron chi connectivity index (χ0n) is 14.5. The molecule has 6 heteroatoms.